The highest BCUT2D eigenvalue weighted by Gasteiger charge is 2.12. The molecule has 0 radical (unpaired) electrons. The highest BCUT2D eigenvalue weighted by atomic mass is 32.2. The van der Waals surface area contributed by atoms with Crippen LogP contribution in [0.25, 0.3) is 0 Å². The fourth-order valence-corrected chi connectivity index (χ4v) is 1.78. The smallest absolute Gasteiger partial charge is 0.124 e. The van der Waals surface area contributed by atoms with E-state index in [-0.39, 0.29) is 10.6 Å². The number of rotatable bonds is 2. The maximum absolute atomic E-state index is 7.22. The summed E-state index contributed by atoms with van der Waals surface area (Å²) in [6, 6.07) is 3.72. The maximum atomic E-state index is 7.22. The monoisotopic (exact) mass is 209 g/mol. The summed E-state index contributed by atoms with van der Waals surface area (Å²) < 4.78 is 0.157. The molecule has 0 unspecified atom stereocenters. The zero-order valence-electron chi connectivity index (χ0n) is 8.66. The Labute approximate surface area is 88.6 Å². The Kier molecular flexibility index (Phi) is 3.16. The molecular weight excluding hydrogens is 194 g/mol. The number of nitrogens with zero attached hydrogens (tertiary/aromatic N) is 1. The fourth-order valence-electron chi connectivity index (χ4n) is 0.914. The van der Waals surface area contributed by atoms with Crippen molar-refractivity contribution in [2.45, 2.75) is 30.5 Å². The summed E-state index contributed by atoms with van der Waals surface area (Å²) in [6.07, 6.45) is 1.64. The molecule has 0 amide bonds. The molecule has 0 aliphatic rings. The number of pyridine rings is 1. The van der Waals surface area contributed by atoms with E-state index in [0.717, 1.165) is 5.03 Å². The van der Waals surface area contributed by atoms with Gasteiger partial charge in [0, 0.05) is 16.5 Å². The molecular formula is C10H15N3S. The lowest BCUT2D eigenvalue weighted by molar-refractivity contribution is 0.799. The SMILES string of the molecule is CC(C)(C)Sc1ccc(C(=N)N)cn1. The number of aromatic nitrogens is 1. The Hall–Kier alpha value is -1.03. The van der Waals surface area contributed by atoms with Crippen LogP contribution >= 0.6 is 11.8 Å². The predicted molar refractivity (Wildman–Crippen MR) is 60.9 cm³/mol. The van der Waals surface area contributed by atoms with Crippen LogP contribution < -0.4 is 5.73 Å². The first-order valence-electron chi connectivity index (χ1n) is 4.38. The molecule has 14 heavy (non-hydrogen) atoms. The van der Waals surface area contributed by atoms with Crippen molar-refractivity contribution in [2.75, 3.05) is 0 Å². The van der Waals surface area contributed by atoms with Crippen molar-refractivity contribution in [2.24, 2.45) is 5.73 Å². The van der Waals surface area contributed by atoms with Crippen LogP contribution in [0.1, 0.15) is 26.3 Å². The van der Waals surface area contributed by atoms with Crippen LogP contribution in [0, 0.1) is 5.41 Å². The van der Waals surface area contributed by atoms with Crippen molar-refractivity contribution in [1.82, 2.24) is 4.98 Å². The van der Waals surface area contributed by atoms with Crippen LogP contribution in [0.2, 0.25) is 0 Å². The Bertz CT molecular complexity index is 324. The molecule has 0 aliphatic heterocycles. The number of nitrogens with one attached hydrogen (secondary N) is 1. The van der Waals surface area contributed by atoms with Gasteiger partial charge in [-0.25, -0.2) is 4.98 Å². The second-order valence-electron chi connectivity index (χ2n) is 4.01. The second-order valence-corrected chi connectivity index (χ2v) is 5.86. The van der Waals surface area contributed by atoms with E-state index in [1.807, 2.05) is 12.1 Å². The molecule has 0 aromatic carbocycles. The first-order chi connectivity index (χ1) is 6.38. The van der Waals surface area contributed by atoms with Gasteiger partial charge in [0.1, 0.15) is 5.84 Å². The molecule has 3 N–H and O–H groups in total. The molecule has 1 aromatic rings. The quantitative estimate of drug-likeness (QED) is 0.446. The van der Waals surface area contributed by atoms with E-state index < -0.39 is 0 Å². The number of hydrogen-bond acceptors (Lipinski definition) is 3. The lowest BCUT2D eigenvalue weighted by atomic mass is 10.3. The molecule has 0 spiro atoms. The summed E-state index contributed by atoms with van der Waals surface area (Å²) in [7, 11) is 0. The van der Waals surface area contributed by atoms with E-state index in [2.05, 4.69) is 25.8 Å². The van der Waals surface area contributed by atoms with Gasteiger partial charge in [0.25, 0.3) is 0 Å². The molecule has 1 rings (SSSR count). The van der Waals surface area contributed by atoms with Crippen molar-refractivity contribution in [3.8, 4) is 0 Å². The standard InChI is InChI=1S/C10H15N3S/c1-10(2,3)14-8-5-4-7(6-13-8)9(11)12/h4-6H,1-3H3,(H3,11,12). The van der Waals surface area contributed by atoms with Gasteiger partial charge in [-0.15, -0.1) is 11.8 Å². The van der Waals surface area contributed by atoms with Crippen molar-refractivity contribution in [3.05, 3.63) is 23.9 Å². The van der Waals surface area contributed by atoms with Gasteiger partial charge in [-0.2, -0.15) is 0 Å². The van der Waals surface area contributed by atoms with E-state index in [1.165, 1.54) is 0 Å². The Morgan fingerprint density at radius 3 is 2.43 bits per heavy atom. The molecule has 76 valence electrons. The first-order valence-corrected chi connectivity index (χ1v) is 5.19. The van der Waals surface area contributed by atoms with Crippen LogP contribution in [0.5, 0.6) is 0 Å². The molecule has 0 saturated heterocycles. The summed E-state index contributed by atoms with van der Waals surface area (Å²) in [5.41, 5.74) is 6.00. The van der Waals surface area contributed by atoms with Crippen LogP contribution in [-0.4, -0.2) is 15.6 Å². The molecule has 0 atom stereocenters. The third-order valence-corrected chi connectivity index (χ3v) is 2.52. The van der Waals surface area contributed by atoms with Crippen molar-refractivity contribution >= 4 is 17.6 Å². The second kappa shape index (κ2) is 4.00. The largest absolute Gasteiger partial charge is 0.384 e. The van der Waals surface area contributed by atoms with Gasteiger partial charge in [0.2, 0.25) is 0 Å². The number of thioether (sulfide) groups is 1. The topological polar surface area (TPSA) is 62.8 Å². The third-order valence-electron chi connectivity index (χ3n) is 1.46. The summed E-state index contributed by atoms with van der Waals surface area (Å²) in [5, 5.41) is 8.18. The van der Waals surface area contributed by atoms with Crippen molar-refractivity contribution < 1.29 is 0 Å². The number of nitrogen functional groups attached to an aromatic ring is 1. The minimum absolute atomic E-state index is 0.0600. The average Bonchev–Trinajstić information content (AvgIpc) is 2.02. The average molecular weight is 209 g/mol. The molecule has 3 nitrogen and oxygen atoms in total. The van der Waals surface area contributed by atoms with E-state index in [9.17, 15) is 0 Å². The first kappa shape index (κ1) is 11.0. The minimum atomic E-state index is 0.0600. The van der Waals surface area contributed by atoms with Crippen LogP contribution in [0.3, 0.4) is 0 Å². The Morgan fingerprint density at radius 1 is 1.43 bits per heavy atom. The van der Waals surface area contributed by atoms with E-state index >= 15 is 0 Å². The van der Waals surface area contributed by atoms with Gasteiger partial charge in [-0.05, 0) is 12.1 Å². The molecule has 0 bridgehead atoms. The van der Waals surface area contributed by atoms with Gasteiger partial charge in [0.05, 0.1) is 5.03 Å². The van der Waals surface area contributed by atoms with Crippen molar-refractivity contribution in [1.29, 1.82) is 5.41 Å². The van der Waals surface area contributed by atoms with Gasteiger partial charge >= 0.3 is 0 Å². The molecule has 0 aliphatic carbocycles. The van der Waals surface area contributed by atoms with E-state index in [4.69, 9.17) is 11.1 Å². The number of hydrogen-bond donors (Lipinski definition) is 2. The summed E-state index contributed by atoms with van der Waals surface area (Å²) >= 11 is 1.70. The van der Waals surface area contributed by atoms with E-state index in [1.54, 1.807) is 18.0 Å². The highest BCUT2D eigenvalue weighted by molar-refractivity contribution is 8.00. The van der Waals surface area contributed by atoms with Gasteiger partial charge in [0.15, 0.2) is 0 Å². The summed E-state index contributed by atoms with van der Waals surface area (Å²) in [5.74, 6) is 0.0600. The zero-order valence-corrected chi connectivity index (χ0v) is 9.48. The molecule has 1 aromatic heterocycles. The van der Waals surface area contributed by atoms with Crippen LogP contribution in [0.4, 0.5) is 0 Å². The van der Waals surface area contributed by atoms with Gasteiger partial charge < -0.3 is 5.73 Å². The van der Waals surface area contributed by atoms with Crippen LogP contribution in [0.15, 0.2) is 23.4 Å². The Morgan fingerprint density at radius 2 is 2.07 bits per heavy atom. The molecule has 4 heteroatoms. The zero-order chi connectivity index (χ0) is 10.8. The highest BCUT2D eigenvalue weighted by Crippen LogP contribution is 2.29. The van der Waals surface area contributed by atoms with Crippen LogP contribution in [-0.2, 0) is 0 Å². The fraction of sp³-hybridized carbons (Fsp3) is 0.400. The Balaban J connectivity index is 2.79. The normalized spacial score (nSPS) is 11.4. The van der Waals surface area contributed by atoms with E-state index in [0.29, 0.717) is 5.56 Å². The third kappa shape index (κ3) is 3.38. The van der Waals surface area contributed by atoms with Gasteiger partial charge in [-0.1, -0.05) is 20.8 Å². The minimum Gasteiger partial charge on any atom is -0.384 e. The molecule has 1 heterocycles. The summed E-state index contributed by atoms with van der Waals surface area (Å²) in [4.78, 5) is 4.23. The lowest BCUT2D eigenvalue weighted by Crippen LogP contribution is -2.12. The lowest BCUT2D eigenvalue weighted by Gasteiger charge is -2.16. The number of nitrogens with two attached hydrogens (primary N) is 1. The van der Waals surface area contributed by atoms with Crippen molar-refractivity contribution in [3.63, 3.8) is 0 Å². The van der Waals surface area contributed by atoms with Gasteiger partial charge in [-0.3, -0.25) is 5.41 Å². The molecule has 0 saturated carbocycles. The number of amidine groups is 1. The predicted octanol–water partition coefficient (Wildman–Crippen LogP) is 2.26. The molecule has 0 fully saturated rings. The summed E-state index contributed by atoms with van der Waals surface area (Å²) in [6.45, 7) is 6.41. The maximum Gasteiger partial charge on any atom is 0.124 e.